The first-order valence-corrected chi connectivity index (χ1v) is 5.43. The molecule has 1 aromatic rings. The molecular formula is C12H15FN2O2. The van der Waals surface area contributed by atoms with Crippen molar-refractivity contribution in [3.05, 3.63) is 29.1 Å². The second kappa shape index (κ2) is 4.43. The standard InChI is InChI=1S/C12H15FN2O2/c1-6-8-3-7(13)4-9(10(14)5-17-2)11(8)15-12(6)16/h3-4,6,10H,5,14H2,1-2H3,(H,15,16). The summed E-state index contributed by atoms with van der Waals surface area (Å²) < 4.78 is 18.4. The Morgan fingerprint density at radius 1 is 1.59 bits per heavy atom. The molecule has 2 rings (SSSR count). The molecular weight excluding hydrogens is 223 g/mol. The average Bonchev–Trinajstić information content (AvgIpc) is 2.55. The van der Waals surface area contributed by atoms with E-state index in [2.05, 4.69) is 5.32 Å². The van der Waals surface area contributed by atoms with E-state index in [0.29, 0.717) is 16.8 Å². The highest BCUT2D eigenvalue weighted by Crippen LogP contribution is 2.37. The summed E-state index contributed by atoms with van der Waals surface area (Å²) in [5, 5.41) is 2.74. The van der Waals surface area contributed by atoms with E-state index in [9.17, 15) is 9.18 Å². The van der Waals surface area contributed by atoms with Crippen molar-refractivity contribution in [3.8, 4) is 0 Å². The number of halogens is 1. The summed E-state index contributed by atoms with van der Waals surface area (Å²) in [4.78, 5) is 11.6. The zero-order valence-corrected chi connectivity index (χ0v) is 9.79. The van der Waals surface area contributed by atoms with Crippen molar-refractivity contribution < 1.29 is 13.9 Å². The number of anilines is 1. The molecule has 1 amide bonds. The first kappa shape index (κ1) is 12.0. The van der Waals surface area contributed by atoms with Crippen LogP contribution in [0.25, 0.3) is 0 Å². The quantitative estimate of drug-likeness (QED) is 0.839. The zero-order chi connectivity index (χ0) is 12.6. The molecule has 4 nitrogen and oxygen atoms in total. The highest BCUT2D eigenvalue weighted by Gasteiger charge is 2.30. The van der Waals surface area contributed by atoms with E-state index in [1.165, 1.54) is 19.2 Å². The van der Waals surface area contributed by atoms with Crippen molar-refractivity contribution in [2.75, 3.05) is 19.0 Å². The molecule has 0 spiro atoms. The summed E-state index contributed by atoms with van der Waals surface area (Å²) in [5.74, 6) is -0.848. The van der Waals surface area contributed by atoms with Crippen LogP contribution < -0.4 is 11.1 Å². The largest absolute Gasteiger partial charge is 0.383 e. The summed E-state index contributed by atoms with van der Waals surface area (Å²) in [7, 11) is 1.53. The topological polar surface area (TPSA) is 64.3 Å². The predicted molar refractivity (Wildman–Crippen MR) is 62.2 cm³/mol. The second-order valence-corrected chi connectivity index (χ2v) is 4.23. The third-order valence-corrected chi connectivity index (χ3v) is 3.02. The number of benzene rings is 1. The van der Waals surface area contributed by atoms with E-state index < -0.39 is 6.04 Å². The maximum atomic E-state index is 13.5. The Hall–Kier alpha value is -1.46. The molecule has 0 aromatic heterocycles. The van der Waals surface area contributed by atoms with Crippen LogP contribution in [0.5, 0.6) is 0 Å². The molecule has 92 valence electrons. The van der Waals surface area contributed by atoms with Gasteiger partial charge in [0.05, 0.1) is 18.6 Å². The normalized spacial score (nSPS) is 20.0. The van der Waals surface area contributed by atoms with Crippen molar-refractivity contribution in [3.63, 3.8) is 0 Å². The van der Waals surface area contributed by atoms with Crippen LogP contribution in [-0.4, -0.2) is 19.6 Å². The Labute approximate surface area is 98.9 Å². The number of hydrogen-bond acceptors (Lipinski definition) is 3. The molecule has 0 radical (unpaired) electrons. The number of rotatable bonds is 3. The molecule has 2 unspecified atom stereocenters. The van der Waals surface area contributed by atoms with Gasteiger partial charge in [-0.25, -0.2) is 4.39 Å². The Balaban J connectivity index is 2.48. The number of amides is 1. The van der Waals surface area contributed by atoms with Gasteiger partial charge in [0, 0.05) is 12.8 Å². The highest BCUT2D eigenvalue weighted by molar-refractivity contribution is 6.03. The number of methoxy groups -OCH3 is 1. The number of fused-ring (bicyclic) bond motifs is 1. The summed E-state index contributed by atoms with van der Waals surface area (Å²) in [6, 6.07) is 2.27. The van der Waals surface area contributed by atoms with Crippen molar-refractivity contribution in [2.24, 2.45) is 5.73 Å². The van der Waals surface area contributed by atoms with Gasteiger partial charge in [0.1, 0.15) is 5.82 Å². The number of carbonyl (C=O) groups is 1. The van der Waals surface area contributed by atoms with Crippen LogP contribution >= 0.6 is 0 Å². The first-order valence-electron chi connectivity index (χ1n) is 5.43. The molecule has 5 heteroatoms. The van der Waals surface area contributed by atoms with Crippen molar-refractivity contribution in [1.82, 2.24) is 0 Å². The van der Waals surface area contributed by atoms with Crippen molar-refractivity contribution in [1.29, 1.82) is 0 Å². The Morgan fingerprint density at radius 3 is 2.94 bits per heavy atom. The van der Waals surface area contributed by atoms with Gasteiger partial charge in [-0.3, -0.25) is 4.79 Å². The Bertz CT molecular complexity index is 462. The lowest BCUT2D eigenvalue weighted by Crippen LogP contribution is -2.18. The molecule has 0 fully saturated rings. The van der Waals surface area contributed by atoms with E-state index >= 15 is 0 Å². The third-order valence-electron chi connectivity index (χ3n) is 3.02. The fourth-order valence-electron chi connectivity index (χ4n) is 2.07. The van der Waals surface area contributed by atoms with Crippen molar-refractivity contribution >= 4 is 11.6 Å². The number of nitrogens with one attached hydrogen (secondary N) is 1. The fraction of sp³-hybridized carbons (Fsp3) is 0.417. The molecule has 1 aliphatic heterocycles. The SMILES string of the molecule is COCC(N)c1cc(F)cc2c1NC(=O)C2C. The van der Waals surface area contributed by atoms with Gasteiger partial charge in [-0.05, 0) is 30.2 Å². The molecule has 0 bridgehead atoms. The molecule has 17 heavy (non-hydrogen) atoms. The number of ether oxygens (including phenoxy) is 1. The van der Waals surface area contributed by atoms with E-state index in [0.717, 1.165) is 0 Å². The molecule has 0 aliphatic carbocycles. The number of nitrogens with two attached hydrogens (primary N) is 1. The van der Waals surface area contributed by atoms with Crippen LogP contribution in [-0.2, 0) is 9.53 Å². The van der Waals surface area contributed by atoms with Crippen molar-refractivity contribution in [2.45, 2.75) is 18.9 Å². The monoisotopic (exact) mass is 238 g/mol. The van der Waals surface area contributed by atoms with Gasteiger partial charge in [0.2, 0.25) is 5.91 Å². The van der Waals surface area contributed by atoms with Gasteiger partial charge in [-0.15, -0.1) is 0 Å². The van der Waals surface area contributed by atoms with Gasteiger partial charge >= 0.3 is 0 Å². The van der Waals surface area contributed by atoms with E-state index in [1.54, 1.807) is 6.92 Å². The van der Waals surface area contributed by atoms with Crippen LogP contribution in [0.2, 0.25) is 0 Å². The smallest absolute Gasteiger partial charge is 0.231 e. The van der Waals surface area contributed by atoms with E-state index in [1.807, 2.05) is 0 Å². The summed E-state index contributed by atoms with van der Waals surface area (Å²) in [5.41, 5.74) is 7.77. The van der Waals surface area contributed by atoms with Gasteiger partial charge in [0.15, 0.2) is 0 Å². The Morgan fingerprint density at radius 2 is 2.29 bits per heavy atom. The van der Waals surface area contributed by atoms with Crippen LogP contribution in [0, 0.1) is 5.82 Å². The van der Waals surface area contributed by atoms with Crippen LogP contribution in [0.4, 0.5) is 10.1 Å². The van der Waals surface area contributed by atoms with Gasteiger partial charge in [-0.2, -0.15) is 0 Å². The fourth-order valence-corrected chi connectivity index (χ4v) is 2.07. The van der Waals surface area contributed by atoms with Crippen LogP contribution in [0.3, 0.4) is 0 Å². The molecule has 1 aliphatic rings. The minimum absolute atomic E-state index is 0.128. The Kier molecular flexibility index (Phi) is 3.13. The maximum Gasteiger partial charge on any atom is 0.231 e. The molecule has 0 saturated carbocycles. The van der Waals surface area contributed by atoms with Crippen LogP contribution in [0.1, 0.15) is 30.0 Å². The van der Waals surface area contributed by atoms with Crippen LogP contribution in [0.15, 0.2) is 12.1 Å². The minimum atomic E-state index is -0.449. The first-order chi connectivity index (χ1) is 8.04. The minimum Gasteiger partial charge on any atom is -0.383 e. The van der Waals surface area contributed by atoms with E-state index in [-0.39, 0.29) is 24.2 Å². The zero-order valence-electron chi connectivity index (χ0n) is 9.79. The van der Waals surface area contributed by atoms with Gasteiger partial charge in [0.25, 0.3) is 0 Å². The van der Waals surface area contributed by atoms with E-state index in [4.69, 9.17) is 10.5 Å². The summed E-state index contributed by atoms with van der Waals surface area (Å²) in [6.07, 6.45) is 0. The molecule has 0 saturated heterocycles. The number of carbonyl (C=O) groups excluding carboxylic acids is 1. The molecule has 1 aromatic carbocycles. The second-order valence-electron chi connectivity index (χ2n) is 4.23. The predicted octanol–water partition coefficient (Wildman–Crippen LogP) is 1.53. The van der Waals surface area contributed by atoms with Gasteiger partial charge in [-0.1, -0.05) is 0 Å². The maximum absolute atomic E-state index is 13.5. The average molecular weight is 238 g/mol. The van der Waals surface area contributed by atoms with Gasteiger partial charge < -0.3 is 15.8 Å². The molecule has 3 N–H and O–H groups in total. The molecule has 1 heterocycles. The lowest BCUT2D eigenvalue weighted by atomic mass is 9.97. The lowest BCUT2D eigenvalue weighted by molar-refractivity contribution is -0.116. The summed E-state index contributed by atoms with van der Waals surface area (Å²) >= 11 is 0. The lowest BCUT2D eigenvalue weighted by Gasteiger charge is -2.15. The molecule has 2 atom stereocenters. The summed E-state index contributed by atoms with van der Waals surface area (Å²) in [6.45, 7) is 2.02. The third kappa shape index (κ3) is 2.03. The highest BCUT2D eigenvalue weighted by atomic mass is 19.1. The number of hydrogen-bond donors (Lipinski definition) is 2.